The van der Waals surface area contributed by atoms with E-state index < -0.39 is 10.8 Å². The van der Waals surface area contributed by atoms with Crippen LogP contribution >= 0.6 is 15.9 Å². The molecule has 90 valence electrons. The zero-order valence-corrected chi connectivity index (χ0v) is 11.1. The van der Waals surface area contributed by atoms with Crippen molar-refractivity contribution in [3.63, 3.8) is 0 Å². The van der Waals surface area contributed by atoms with E-state index >= 15 is 0 Å². The van der Waals surface area contributed by atoms with Gasteiger partial charge in [-0.3, -0.25) is 0 Å². The van der Waals surface area contributed by atoms with Gasteiger partial charge in [0.25, 0.3) is 0 Å². The minimum absolute atomic E-state index is 0.275. The topological polar surface area (TPSA) is 47.9 Å². The van der Waals surface area contributed by atoms with Crippen molar-refractivity contribution in [1.82, 2.24) is 4.76 Å². The zero-order valence-electron chi connectivity index (χ0n) is 9.51. The number of quaternary nitrogens is 1. The highest BCUT2D eigenvalue weighted by Crippen LogP contribution is 2.37. The number of rotatable bonds is 2. The molecule has 0 unspecified atom stereocenters. The summed E-state index contributed by atoms with van der Waals surface area (Å²) >= 11 is 3.32. The number of benzene rings is 1. The van der Waals surface area contributed by atoms with E-state index in [0.29, 0.717) is 10.3 Å². The molecule has 0 saturated carbocycles. The molecule has 1 aromatic carbocycles. The standard InChI is InChI=1S/C11H12BrN2O3/c1-3-17-11(15)14(16-2)9-7-5-4-6-8(9)10(12)13-14/h4-7H,3H2,1-2H3/q+1/t14-/m0/s1. The summed E-state index contributed by atoms with van der Waals surface area (Å²) in [6.45, 7) is 2.02. The van der Waals surface area contributed by atoms with Gasteiger partial charge in [0, 0.05) is 6.07 Å². The number of halogens is 1. The molecule has 0 saturated heterocycles. The molecular formula is C11H12BrN2O3+. The van der Waals surface area contributed by atoms with Gasteiger partial charge in [-0.05, 0) is 34.0 Å². The van der Waals surface area contributed by atoms with Crippen molar-refractivity contribution in [3.05, 3.63) is 29.8 Å². The number of hydroxylamine groups is 1. The van der Waals surface area contributed by atoms with E-state index in [1.807, 2.05) is 18.2 Å². The summed E-state index contributed by atoms with van der Waals surface area (Å²) in [7, 11) is 1.42. The number of nitrogens with zero attached hydrogens (tertiary/aromatic N) is 2. The van der Waals surface area contributed by atoms with Crippen LogP contribution in [-0.4, -0.2) is 24.4 Å². The van der Waals surface area contributed by atoms with Gasteiger partial charge in [0.2, 0.25) is 5.69 Å². The van der Waals surface area contributed by atoms with E-state index in [1.165, 1.54) is 7.11 Å². The molecule has 5 nitrogen and oxygen atoms in total. The van der Waals surface area contributed by atoms with Gasteiger partial charge in [-0.25, -0.2) is 0 Å². The normalized spacial score (nSPS) is 21.9. The van der Waals surface area contributed by atoms with Crippen LogP contribution in [0.5, 0.6) is 0 Å². The number of hydrogen-bond donors (Lipinski definition) is 0. The molecule has 1 aliphatic heterocycles. The first kappa shape index (κ1) is 12.2. The first-order valence-corrected chi connectivity index (χ1v) is 5.93. The van der Waals surface area contributed by atoms with E-state index in [4.69, 9.17) is 9.57 Å². The Morgan fingerprint density at radius 2 is 2.18 bits per heavy atom. The average Bonchev–Trinajstić information content (AvgIpc) is 2.65. The molecule has 0 aromatic heterocycles. The Balaban J connectivity index is 2.54. The maximum Gasteiger partial charge on any atom is 0.584 e. The fraction of sp³-hybridized carbons (Fsp3) is 0.273. The second kappa shape index (κ2) is 4.56. The third kappa shape index (κ3) is 1.78. The van der Waals surface area contributed by atoms with Crippen LogP contribution < -0.4 is 4.76 Å². The molecule has 1 heterocycles. The van der Waals surface area contributed by atoms with Crippen LogP contribution in [0.1, 0.15) is 12.5 Å². The van der Waals surface area contributed by atoms with Gasteiger partial charge < -0.3 is 4.74 Å². The summed E-state index contributed by atoms with van der Waals surface area (Å²) in [6, 6.07) is 7.34. The molecule has 0 fully saturated rings. The smallest absolute Gasteiger partial charge is 0.416 e. The molecule has 2 rings (SSSR count). The van der Waals surface area contributed by atoms with Gasteiger partial charge in [0.15, 0.2) is 4.62 Å². The summed E-state index contributed by atoms with van der Waals surface area (Å²) in [6.07, 6.45) is -0.558. The molecule has 0 spiro atoms. The van der Waals surface area contributed by atoms with Crippen molar-refractivity contribution >= 4 is 32.3 Å². The highest BCUT2D eigenvalue weighted by atomic mass is 79.9. The number of amides is 1. The Labute approximate surface area is 107 Å². The number of hydrogen-bond acceptors (Lipinski definition) is 4. The van der Waals surface area contributed by atoms with Gasteiger partial charge in [0.05, 0.1) is 16.9 Å². The van der Waals surface area contributed by atoms with Gasteiger partial charge in [-0.1, -0.05) is 12.1 Å². The van der Waals surface area contributed by atoms with Gasteiger partial charge in [0.1, 0.15) is 7.11 Å². The average molecular weight is 300 g/mol. The summed E-state index contributed by atoms with van der Waals surface area (Å²) in [5.74, 6) is 0. The predicted octanol–water partition coefficient (Wildman–Crippen LogP) is 2.78. The van der Waals surface area contributed by atoms with E-state index in [0.717, 1.165) is 5.56 Å². The lowest BCUT2D eigenvalue weighted by Gasteiger charge is -2.19. The lowest BCUT2D eigenvalue weighted by molar-refractivity contribution is -0.0971. The largest absolute Gasteiger partial charge is 0.584 e. The van der Waals surface area contributed by atoms with E-state index in [1.54, 1.807) is 13.0 Å². The third-order valence-corrected chi connectivity index (χ3v) is 3.05. The first-order chi connectivity index (χ1) is 8.15. The van der Waals surface area contributed by atoms with E-state index in [-0.39, 0.29) is 6.61 Å². The Hall–Kier alpha value is -1.24. The summed E-state index contributed by atoms with van der Waals surface area (Å²) in [5.41, 5.74) is 1.46. The number of carbonyl (C=O) groups excluding carboxylic acids is 1. The fourth-order valence-corrected chi connectivity index (χ4v) is 2.27. The number of fused-ring (bicyclic) bond motifs is 1. The van der Waals surface area contributed by atoms with Crippen molar-refractivity contribution in [3.8, 4) is 0 Å². The molecule has 1 aromatic rings. The third-order valence-electron chi connectivity index (χ3n) is 2.46. The molecule has 1 aliphatic rings. The maximum absolute atomic E-state index is 12.0. The molecule has 0 aliphatic carbocycles. The van der Waals surface area contributed by atoms with Crippen molar-refractivity contribution < 1.29 is 14.4 Å². The minimum Gasteiger partial charge on any atom is -0.416 e. The Kier molecular flexibility index (Phi) is 3.28. The van der Waals surface area contributed by atoms with Crippen molar-refractivity contribution in [2.75, 3.05) is 13.7 Å². The predicted molar refractivity (Wildman–Crippen MR) is 67.7 cm³/mol. The van der Waals surface area contributed by atoms with E-state index in [9.17, 15) is 4.79 Å². The highest BCUT2D eigenvalue weighted by molar-refractivity contribution is 9.18. The molecule has 0 radical (unpaired) electrons. The Bertz CT molecular complexity index is 489. The van der Waals surface area contributed by atoms with Crippen LogP contribution in [0.2, 0.25) is 0 Å². The van der Waals surface area contributed by atoms with Crippen LogP contribution in [0.4, 0.5) is 10.5 Å². The molecule has 17 heavy (non-hydrogen) atoms. The van der Waals surface area contributed by atoms with Crippen molar-refractivity contribution in [2.24, 2.45) is 5.10 Å². The monoisotopic (exact) mass is 299 g/mol. The first-order valence-electron chi connectivity index (χ1n) is 5.13. The molecular weight excluding hydrogens is 288 g/mol. The van der Waals surface area contributed by atoms with Crippen LogP contribution in [0.15, 0.2) is 29.4 Å². The van der Waals surface area contributed by atoms with Crippen molar-refractivity contribution in [1.29, 1.82) is 0 Å². The van der Waals surface area contributed by atoms with Crippen LogP contribution in [0.25, 0.3) is 0 Å². The second-order valence-corrected chi connectivity index (χ2v) is 4.12. The molecule has 0 N–H and O–H groups in total. The van der Waals surface area contributed by atoms with Crippen LogP contribution in [0.3, 0.4) is 0 Å². The highest BCUT2D eigenvalue weighted by Gasteiger charge is 2.51. The quantitative estimate of drug-likeness (QED) is 0.789. The summed E-state index contributed by atoms with van der Waals surface area (Å²) < 4.78 is 4.96. The minimum atomic E-state index is -0.620. The Morgan fingerprint density at radius 3 is 2.82 bits per heavy atom. The lowest BCUT2D eigenvalue weighted by atomic mass is 10.2. The van der Waals surface area contributed by atoms with Gasteiger partial charge in [-0.15, -0.1) is 0 Å². The van der Waals surface area contributed by atoms with E-state index in [2.05, 4.69) is 21.0 Å². The molecule has 0 bridgehead atoms. The number of carbonyl (C=O) groups is 1. The maximum atomic E-state index is 12.0. The zero-order chi connectivity index (χ0) is 12.5. The number of ether oxygens (including phenoxy) is 1. The second-order valence-electron chi connectivity index (χ2n) is 3.37. The number of para-hydroxylation sites is 1. The lowest BCUT2D eigenvalue weighted by Crippen LogP contribution is -2.47. The molecule has 1 atom stereocenters. The fourth-order valence-electron chi connectivity index (χ4n) is 1.71. The Morgan fingerprint density at radius 1 is 1.47 bits per heavy atom. The van der Waals surface area contributed by atoms with Gasteiger partial charge >= 0.3 is 6.09 Å². The van der Waals surface area contributed by atoms with Gasteiger partial charge in [-0.2, -0.15) is 9.63 Å². The van der Waals surface area contributed by atoms with Crippen molar-refractivity contribution in [2.45, 2.75) is 6.92 Å². The summed E-state index contributed by atoms with van der Waals surface area (Å²) in [5, 5.41) is 4.20. The van der Waals surface area contributed by atoms with Crippen LogP contribution in [0, 0.1) is 0 Å². The SMILES string of the molecule is CCOC(=O)[N@+]1(OC)N=C(Br)c2ccccc21. The van der Waals surface area contributed by atoms with Crippen LogP contribution in [-0.2, 0) is 9.57 Å². The molecule has 1 amide bonds. The summed E-state index contributed by atoms with van der Waals surface area (Å²) in [4.78, 5) is 17.3. The molecule has 6 heteroatoms.